The van der Waals surface area contributed by atoms with E-state index in [2.05, 4.69) is 5.10 Å². The number of nitrogens with zero attached hydrogens (tertiary/aromatic N) is 2. The van der Waals surface area contributed by atoms with Crippen molar-refractivity contribution in [3.05, 3.63) is 16.4 Å². The van der Waals surface area contributed by atoms with Gasteiger partial charge in [0.05, 0.1) is 5.02 Å². The molecule has 0 radical (unpaired) electrons. The molecule has 0 fully saturated rings. The van der Waals surface area contributed by atoms with Crippen LogP contribution in [0.1, 0.15) is 50.8 Å². The molecule has 1 aromatic rings. The topological polar surface area (TPSA) is 17.8 Å². The predicted molar refractivity (Wildman–Crippen MR) is 52.1 cm³/mol. The Labute approximate surface area is 91.0 Å². The van der Waals surface area contributed by atoms with Gasteiger partial charge in [-0.15, -0.1) is 0 Å². The Bertz CT molecular complexity index is 347. The number of hydrogen-bond donors (Lipinski definition) is 0. The third-order valence-corrected chi connectivity index (χ3v) is 2.37. The minimum Gasteiger partial charge on any atom is -0.259 e. The third kappa shape index (κ3) is 2.27. The largest absolute Gasteiger partial charge is 0.281 e. The Hall–Kier alpha value is -0.710. The molecule has 0 saturated carbocycles. The first kappa shape index (κ1) is 12.4. The van der Waals surface area contributed by atoms with Gasteiger partial charge in [-0.3, -0.25) is 4.68 Å². The van der Waals surface area contributed by atoms with Crippen LogP contribution in [0.4, 0.5) is 13.2 Å². The number of halogens is 4. The molecule has 0 aromatic carbocycles. The lowest BCUT2D eigenvalue weighted by molar-refractivity contribution is 0.137. The summed E-state index contributed by atoms with van der Waals surface area (Å²) in [5.74, 6) is 0. The quantitative estimate of drug-likeness (QED) is 0.778. The molecular weight excluding hydrogens is 229 g/mol. The lowest BCUT2D eigenvalue weighted by atomic mass is 10.3. The molecule has 1 heterocycles. The Balaban J connectivity index is 3.33. The van der Waals surface area contributed by atoms with Crippen molar-refractivity contribution in [3.63, 3.8) is 0 Å². The summed E-state index contributed by atoms with van der Waals surface area (Å²) in [7, 11) is 0. The van der Waals surface area contributed by atoms with Crippen LogP contribution in [-0.4, -0.2) is 9.78 Å². The molecule has 15 heavy (non-hydrogen) atoms. The van der Waals surface area contributed by atoms with E-state index >= 15 is 0 Å². The van der Waals surface area contributed by atoms with Gasteiger partial charge in [-0.05, 0) is 20.8 Å². The van der Waals surface area contributed by atoms with Crippen molar-refractivity contribution in [2.75, 3.05) is 0 Å². The van der Waals surface area contributed by atoms with Crippen molar-refractivity contribution < 1.29 is 13.2 Å². The van der Waals surface area contributed by atoms with Crippen LogP contribution in [-0.2, 0) is 0 Å². The molecule has 0 aliphatic rings. The van der Waals surface area contributed by atoms with Crippen molar-refractivity contribution in [1.82, 2.24) is 9.78 Å². The molecule has 6 heteroatoms. The minimum atomic E-state index is -2.75. The molecule has 0 aliphatic carbocycles. The second-order valence-electron chi connectivity index (χ2n) is 3.54. The molecule has 0 N–H and O–H groups in total. The molecule has 2 nitrogen and oxygen atoms in total. The summed E-state index contributed by atoms with van der Waals surface area (Å²) >= 11 is 5.66. The number of hydrogen-bond acceptors (Lipinski definition) is 1. The van der Waals surface area contributed by atoms with E-state index in [1.165, 1.54) is 6.92 Å². The fourth-order valence-electron chi connectivity index (χ4n) is 1.29. The van der Waals surface area contributed by atoms with Gasteiger partial charge < -0.3 is 0 Å². The number of rotatable bonds is 3. The highest BCUT2D eigenvalue weighted by Gasteiger charge is 2.26. The van der Waals surface area contributed by atoms with E-state index in [-0.39, 0.29) is 16.8 Å². The lowest BCUT2D eigenvalue weighted by Gasteiger charge is -2.09. The molecule has 0 aliphatic heterocycles. The van der Waals surface area contributed by atoms with Crippen molar-refractivity contribution in [3.8, 4) is 0 Å². The monoisotopic (exact) mass is 240 g/mol. The summed E-state index contributed by atoms with van der Waals surface area (Å²) in [4.78, 5) is 0. The second kappa shape index (κ2) is 4.43. The molecule has 0 saturated heterocycles. The average molecular weight is 241 g/mol. The maximum Gasteiger partial charge on any atom is 0.281 e. The fraction of sp³-hybridized carbons (Fsp3) is 0.667. The number of aromatic nitrogens is 2. The van der Waals surface area contributed by atoms with Gasteiger partial charge in [0, 0.05) is 6.04 Å². The van der Waals surface area contributed by atoms with E-state index < -0.39 is 18.3 Å². The Morgan fingerprint density at radius 1 is 1.20 bits per heavy atom. The van der Waals surface area contributed by atoms with E-state index in [0.29, 0.717) is 0 Å². The maximum atomic E-state index is 13.0. The number of alkyl halides is 3. The van der Waals surface area contributed by atoms with Crippen molar-refractivity contribution >= 4 is 11.6 Å². The Kier molecular flexibility index (Phi) is 3.65. The lowest BCUT2D eigenvalue weighted by Crippen LogP contribution is -2.08. The predicted octanol–water partition coefficient (Wildman–Crippen LogP) is 4.09. The van der Waals surface area contributed by atoms with Gasteiger partial charge >= 0.3 is 0 Å². The van der Waals surface area contributed by atoms with Crippen LogP contribution in [0, 0.1) is 0 Å². The summed E-state index contributed by atoms with van der Waals surface area (Å²) in [5.41, 5.74) is -0.535. The summed E-state index contributed by atoms with van der Waals surface area (Å²) < 4.78 is 39.4. The molecule has 86 valence electrons. The van der Waals surface area contributed by atoms with Crippen LogP contribution >= 0.6 is 11.6 Å². The molecule has 0 bridgehead atoms. The molecule has 0 spiro atoms. The molecule has 1 aromatic heterocycles. The van der Waals surface area contributed by atoms with Gasteiger partial charge in [-0.25, -0.2) is 13.2 Å². The Morgan fingerprint density at radius 3 is 2.00 bits per heavy atom. The van der Waals surface area contributed by atoms with Crippen molar-refractivity contribution in [2.45, 2.75) is 39.4 Å². The molecule has 1 rings (SSSR count). The van der Waals surface area contributed by atoms with Crippen LogP contribution in [0.2, 0.25) is 5.02 Å². The Morgan fingerprint density at radius 2 is 1.73 bits per heavy atom. The van der Waals surface area contributed by atoms with E-state index in [0.717, 1.165) is 4.68 Å². The highest BCUT2D eigenvalue weighted by molar-refractivity contribution is 6.32. The van der Waals surface area contributed by atoms with Crippen LogP contribution in [0.25, 0.3) is 0 Å². The van der Waals surface area contributed by atoms with Gasteiger partial charge in [0.1, 0.15) is 17.6 Å². The van der Waals surface area contributed by atoms with Gasteiger partial charge in [0.25, 0.3) is 6.43 Å². The van der Waals surface area contributed by atoms with Gasteiger partial charge in [0.15, 0.2) is 0 Å². The molecule has 0 amide bonds. The SMILES string of the molecule is CC(F)c1nn(C(C)C)c(C(F)F)c1Cl. The fourth-order valence-corrected chi connectivity index (χ4v) is 1.65. The van der Waals surface area contributed by atoms with E-state index in [1.54, 1.807) is 13.8 Å². The van der Waals surface area contributed by atoms with Crippen molar-refractivity contribution in [2.24, 2.45) is 0 Å². The smallest absolute Gasteiger partial charge is 0.259 e. The van der Waals surface area contributed by atoms with E-state index in [9.17, 15) is 13.2 Å². The standard InChI is InChI=1S/C9H12ClF3N2/c1-4(2)15-8(9(12)13)6(10)7(14-15)5(3)11/h4-5,9H,1-3H3. The van der Waals surface area contributed by atoms with Crippen LogP contribution < -0.4 is 0 Å². The summed E-state index contributed by atoms with van der Waals surface area (Å²) in [5, 5.41) is 3.49. The second-order valence-corrected chi connectivity index (χ2v) is 3.92. The average Bonchev–Trinajstić information content (AvgIpc) is 2.42. The van der Waals surface area contributed by atoms with Gasteiger partial charge in [0.2, 0.25) is 0 Å². The highest BCUT2D eigenvalue weighted by Crippen LogP contribution is 2.35. The maximum absolute atomic E-state index is 13.0. The zero-order valence-electron chi connectivity index (χ0n) is 8.64. The van der Waals surface area contributed by atoms with Gasteiger partial charge in [-0.2, -0.15) is 5.10 Å². The molecule has 1 atom stereocenters. The zero-order valence-corrected chi connectivity index (χ0v) is 9.39. The van der Waals surface area contributed by atoms with Gasteiger partial charge in [-0.1, -0.05) is 11.6 Å². The van der Waals surface area contributed by atoms with Crippen molar-refractivity contribution in [1.29, 1.82) is 0 Å². The first-order chi connectivity index (χ1) is 6.86. The first-order valence-corrected chi connectivity index (χ1v) is 4.94. The highest BCUT2D eigenvalue weighted by atomic mass is 35.5. The van der Waals surface area contributed by atoms with E-state index in [1.807, 2.05) is 0 Å². The van der Waals surface area contributed by atoms with Crippen LogP contribution in [0.3, 0.4) is 0 Å². The third-order valence-electron chi connectivity index (χ3n) is 1.98. The normalized spacial score (nSPS) is 13.9. The van der Waals surface area contributed by atoms with E-state index in [4.69, 9.17) is 11.6 Å². The zero-order chi connectivity index (χ0) is 11.7. The van der Waals surface area contributed by atoms with Crippen LogP contribution in [0.5, 0.6) is 0 Å². The summed E-state index contributed by atoms with van der Waals surface area (Å²) in [6, 6.07) is -0.279. The summed E-state index contributed by atoms with van der Waals surface area (Å²) in [6.45, 7) is 4.58. The first-order valence-electron chi connectivity index (χ1n) is 4.56. The van der Waals surface area contributed by atoms with Crippen LogP contribution in [0.15, 0.2) is 0 Å². The molecule has 1 unspecified atom stereocenters. The minimum absolute atomic E-state index is 0.124. The molecular formula is C9H12ClF3N2. The summed E-state index contributed by atoms with van der Waals surface area (Å²) in [6.07, 6.45) is -4.20.